The first kappa shape index (κ1) is 16.5. The van der Waals surface area contributed by atoms with Crippen LogP contribution < -0.4 is 0 Å². The number of hydrogen-bond donors (Lipinski definition) is 0. The van der Waals surface area contributed by atoms with Gasteiger partial charge in [0.15, 0.2) is 0 Å². The molecule has 88 valence electrons. The van der Waals surface area contributed by atoms with Gasteiger partial charge < -0.3 is 0 Å². The van der Waals surface area contributed by atoms with Crippen LogP contribution in [0, 0.1) is 5.92 Å². The van der Waals surface area contributed by atoms with Gasteiger partial charge in [0.25, 0.3) is 0 Å². The molecular formula is C13H26N2. The fourth-order valence-electron chi connectivity index (χ4n) is 0.609. The number of aromatic nitrogens is 2. The molecule has 0 radical (unpaired) electrons. The zero-order valence-electron chi connectivity index (χ0n) is 11.3. The quantitative estimate of drug-likeness (QED) is 0.691. The Morgan fingerprint density at radius 3 is 1.60 bits per heavy atom. The molecule has 0 aliphatic carbocycles. The monoisotopic (exact) mass is 210 g/mol. The van der Waals surface area contributed by atoms with E-state index in [9.17, 15) is 0 Å². The molecule has 2 nitrogen and oxygen atoms in total. The summed E-state index contributed by atoms with van der Waals surface area (Å²) in [4.78, 5) is 8.06. The van der Waals surface area contributed by atoms with Crippen LogP contribution in [0.2, 0.25) is 0 Å². The molecule has 0 atom stereocenters. The molecule has 0 saturated carbocycles. The van der Waals surface area contributed by atoms with E-state index in [0.717, 1.165) is 11.6 Å². The van der Waals surface area contributed by atoms with E-state index in [1.54, 1.807) is 18.6 Å². The van der Waals surface area contributed by atoms with Crippen molar-refractivity contribution in [2.75, 3.05) is 0 Å². The zero-order chi connectivity index (χ0) is 12.3. The van der Waals surface area contributed by atoms with Crippen molar-refractivity contribution >= 4 is 0 Å². The summed E-state index contributed by atoms with van der Waals surface area (Å²) in [6.45, 7) is 14.7. The first-order valence-corrected chi connectivity index (χ1v) is 5.80. The SMILES string of the molecule is CC.CC(C)C.CC(C)c1cnccn1. The minimum atomic E-state index is 0.485. The van der Waals surface area contributed by atoms with Crippen LogP contribution in [-0.2, 0) is 0 Å². The van der Waals surface area contributed by atoms with E-state index < -0.39 is 0 Å². The molecule has 15 heavy (non-hydrogen) atoms. The summed E-state index contributed by atoms with van der Waals surface area (Å²) in [5, 5.41) is 0. The Bertz CT molecular complexity index is 202. The zero-order valence-corrected chi connectivity index (χ0v) is 11.3. The standard InChI is InChI=1S/C7H10N2.C4H10.C2H6/c1-6(2)7-5-8-3-4-9-7;1-4(2)3;1-2/h3-6H,1-2H3;4H,1-3H3;1-2H3. The van der Waals surface area contributed by atoms with Crippen LogP contribution in [0.25, 0.3) is 0 Å². The molecule has 0 aromatic carbocycles. The molecule has 0 N–H and O–H groups in total. The lowest BCUT2D eigenvalue weighted by atomic mass is 10.1. The second kappa shape index (κ2) is 11.2. The summed E-state index contributed by atoms with van der Waals surface area (Å²) in [6.07, 6.45) is 5.20. The van der Waals surface area contributed by atoms with Gasteiger partial charge in [-0.25, -0.2) is 0 Å². The van der Waals surface area contributed by atoms with E-state index in [1.807, 2.05) is 13.8 Å². The molecule has 0 fully saturated rings. The first-order valence-electron chi connectivity index (χ1n) is 5.80. The topological polar surface area (TPSA) is 25.8 Å². The Labute approximate surface area is 95.2 Å². The highest BCUT2D eigenvalue weighted by Gasteiger charge is 1.96. The van der Waals surface area contributed by atoms with Crippen molar-refractivity contribution in [3.63, 3.8) is 0 Å². The summed E-state index contributed by atoms with van der Waals surface area (Å²) in [5.74, 6) is 1.32. The van der Waals surface area contributed by atoms with Gasteiger partial charge >= 0.3 is 0 Å². The molecule has 0 amide bonds. The summed E-state index contributed by atoms with van der Waals surface area (Å²) >= 11 is 0. The molecule has 0 spiro atoms. The molecule has 2 heteroatoms. The highest BCUT2D eigenvalue weighted by atomic mass is 14.8. The first-order chi connectivity index (χ1) is 7.04. The van der Waals surface area contributed by atoms with E-state index >= 15 is 0 Å². The average Bonchev–Trinajstić information content (AvgIpc) is 2.21. The molecule has 1 aromatic heterocycles. The normalized spacial score (nSPS) is 8.87. The van der Waals surface area contributed by atoms with Crippen molar-refractivity contribution in [3.8, 4) is 0 Å². The van der Waals surface area contributed by atoms with Crippen LogP contribution in [0.15, 0.2) is 18.6 Å². The molecule has 1 aromatic rings. The molecule has 1 rings (SSSR count). The maximum atomic E-state index is 4.12. The van der Waals surface area contributed by atoms with E-state index in [1.165, 1.54) is 0 Å². The Morgan fingerprint density at radius 2 is 1.40 bits per heavy atom. The van der Waals surface area contributed by atoms with E-state index in [-0.39, 0.29) is 0 Å². The van der Waals surface area contributed by atoms with Gasteiger partial charge in [0, 0.05) is 18.6 Å². The van der Waals surface area contributed by atoms with Crippen LogP contribution in [-0.4, -0.2) is 9.97 Å². The van der Waals surface area contributed by atoms with Crippen LogP contribution in [0.4, 0.5) is 0 Å². The van der Waals surface area contributed by atoms with Gasteiger partial charge in [-0.2, -0.15) is 0 Å². The third-order valence-corrected chi connectivity index (χ3v) is 1.17. The highest BCUT2D eigenvalue weighted by Crippen LogP contribution is 2.06. The summed E-state index contributed by atoms with van der Waals surface area (Å²) in [6, 6.07) is 0. The van der Waals surface area contributed by atoms with Gasteiger partial charge in [-0.15, -0.1) is 0 Å². The average molecular weight is 210 g/mol. The van der Waals surface area contributed by atoms with Gasteiger partial charge in [0.05, 0.1) is 5.69 Å². The van der Waals surface area contributed by atoms with Gasteiger partial charge in [-0.3, -0.25) is 9.97 Å². The second-order valence-electron chi connectivity index (χ2n) is 4.02. The van der Waals surface area contributed by atoms with Crippen LogP contribution >= 0.6 is 0 Å². The predicted molar refractivity (Wildman–Crippen MR) is 68.0 cm³/mol. The highest BCUT2D eigenvalue weighted by molar-refractivity contribution is 4.99. The van der Waals surface area contributed by atoms with E-state index in [2.05, 4.69) is 44.6 Å². The van der Waals surface area contributed by atoms with Gasteiger partial charge in [-0.05, 0) is 11.8 Å². The molecule has 1 heterocycles. The Kier molecular flexibility index (Phi) is 12.3. The maximum Gasteiger partial charge on any atom is 0.0612 e. The summed E-state index contributed by atoms with van der Waals surface area (Å²) in [5.41, 5.74) is 1.05. The molecule has 0 aliphatic heterocycles. The smallest absolute Gasteiger partial charge is 0.0612 e. The second-order valence-corrected chi connectivity index (χ2v) is 4.02. The third-order valence-electron chi connectivity index (χ3n) is 1.17. The molecule has 0 unspecified atom stereocenters. The molecule has 0 bridgehead atoms. The van der Waals surface area contributed by atoms with Gasteiger partial charge in [0.2, 0.25) is 0 Å². The Balaban J connectivity index is 0. The van der Waals surface area contributed by atoms with Crippen molar-refractivity contribution < 1.29 is 0 Å². The van der Waals surface area contributed by atoms with Crippen molar-refractivity contribution in [2.24, 2.45) is 5.92 Å². The fourth-order valence-corrected chi connectivity index (χ4v) is 0.609. The Morgan fingerprint density at radius 1 is 0.933 bits per heavy atom. The fraction of sp³-hybridized carbons (Fsp3) is 0.692. The lowest BCUT2D eigenvalue weighted by Crippen LogP contribution is -1.91. The van der Waals surface area contributed by atoms with Crippen molar-refractivity contribution in [1.82, 2.24) is 9.97 Å². The molecule has 0 aliphatic rings. The third kappa shape index (κ3) is 13.1. The number of hydrogen-bond acceptors (Lipinski definition) is 2. The van der Waals surface area contributed by atoms with Crippen LogP contribution in [0.1, 0.15) is 60.1 Å². The van der Waals surface area contributed by atoms with Gasteiger partial charge in [-0.1, -0.05) is 48.5 Å². The lowest BCUT2D eigenvalue weighted by molar-refractivity contribution is 0.737. The van der Waals surface area contributed by atoms with Crippen LogP contribution in [0.5, 0.6) is 0 Å². The minimum Gasteiger partial charge on any atom is -0.261 e. The summed E-state index contributed by atoms with van der Waals surface area (Å²) in [7, 11) is 0. The van der Waals surface area contributed by atoms with Gasteiger partial charge in [0.1, 0.15) is 0 Å². The minimum absolute atomic E-state index is 0.485. The largest absolute Gasteiger partial charge is 0.261 e. The van der Waals surface area contributed by atoms with E-state index in [0.29, 0.717) is 5.92 Å². The van der Waals surface area contributed by atoms with E-state index in [4.69, 9.17) is 0 Å². The molecule has 0 saturated heterocycles. The number of nitrogens with zero attached hydrogens (tertiary/aromatic N) is 2. The van der Waals surface area contributed by atoms with Crippen molar-refractivity contribution in [3.05, 3.63) is 24.3 Å². The number of rotatable bonds is 1. The van der Waals surface area contributed by atoms with Crippen molar-refractivity contribution in [2.45, 2.75) is 54.4 Å². The van der Waals surface area contributed by atoms with Crippen LogP contribution in [0.3, 0.4) is 0 Å². The maximum absolute atomic E-state index is 4.12. The Hall–Kier alpha value is -0.920. The predicted octanol–water partition coefficient (Wildman–Crippen LogP) is 4.29. The molecular weight excluding hydrogens is 184 g/mol. The van der Waals surface area contributed by atoms with Crippen molar-refractivity contribution in [1.29, 1.82) is 0 Å². The lowest BCUT2D eigenvalue weighted by Gasteiger charge is -1.99. The summed E-state index contributed by atoms with van der Waals surface area (Å²) < 4.78 is 0.